The molecule has 0 aliphatic heterocycles. The molecule has 0 radical (unpaired) electrons. The maximum Gasteiger partial charge on any atom is 0.239 e. The lowest BCUT2D eigenvalue weighted by molar-refractivity contribution is -0.119. The van der Waals surface area contributed by atoms with Crippen LogP contribution >= 0.6 is 0 Å². The van der Waals surface area contributed by atoms with Crippen molar-refractivity contribution in [3.63, 3.8) is 0 Å². The molecule has 0 saturated carbocycles. The minimum Gasteiger partial charge on any atom is -0.360 e. The van der Waals surface area contributed by atoms with Crippen molar-refractivity contribution < 1.29 is 9.18 Å². The summed E-state index contributed by atoms with van der Waals surface area (Å²) in [6.45, 7) is 6.51. The minimum absolute atomic E-state index is 0.114. The number of carbonyl (C=O) groups excluding carboxylic acids is 1. The third kappa shape index (κ3) is 5.71. The molecule has 0 fully saturated rings. The smallest absolute Gasteiger partial charge is 0.239 e. The summed E-state index contributed by atoms with van der Waals surface area (Å²) in [6.07, 6.45) is 1.91. The normalized spacial score (nSPS) is 10.5. The van der Waals surface area contributed by atoms with Crippen LogP contribution in [-0.2, 0) is 11.3 Å². The second kappa shape index (κ2) is 9.34. The van der Waals surface area contributed by atoms with Gasteiger partial charge in [0.1, 0.15) is 5.82 Å². The van der Waals surface area contributed by atoms with Gasteiger partial charge in [-0.3, -0.25) is 4.79 Å². The molecular formula is C16H26FN3O. The molecule has 0 bridgehead atoms. The predicted molar refractivity (Wildman–Crippen MR) is 85.0 cm³/mol. The fourth-order valence-electron chi connectivity index (χ4n) is 2.13. The van der Waals surface area contributed by atoms with Crippen LogP contribution in [-0.4, -0.2) is 32.6 Å². The minimum atomic E-state index is -0.275. The van der Waals surface area contributed by atoms with Gasteiger partial charge in [0.15, 0.2) is 0 Å². The monoisotopic (exact) mass is 295 g/mol. The molecule has 0 saturated heterocycles. The van der Waals surface area contributed by atoms with Gasteiger partial charge in [0.2, 0.25) is 5.91 Å². The Morgan fingerprint density at radius 1 is 1.29 bits per heavy atom. The highest BCUT2D eigenvalue weighted by molar-refractivity contribution is 5.81. The average molecular weight is 295 g/mol. The van der Waals surface area contributed by atoms with Crippen molar-refractivity contribution >= 4 is 11.6 Å². The Hall–Kier alpha value is -1.62. The Bertz CT molecular complexity index is 451. The van der Waals surface area contributed by atoms with E-state index in [4.69, 9.17) is 0 Å². The van der Waals surface area contributed by atoms with Crippen LogP contribution in [0, 0.1) is 5.82 Å². The van der Waals surface area contributed by atoms with Crippen molar-refractivity contribution in [2.45, 2.75) is 33.2 Å². The van der Waals surface area contributed by atoms with Crippen molar-refractivity contribution in [1.29, 1.82) is 0 Å². The van der Waals surface area contributed by atoms with Crippen LogP contribution in [0.15, 0.2) is 18.2 Å². The summed E-state index contributed by atoms with van der Waals surface area (Å²) < 4.78 is 14.3. The van der Waals surface area contributed by atoms with E-state index in [1.54, 1.807) is 24.1 Å². The van der Waals surface area contributed by atoms with E-state index in [1.165, 1.54) is 0 Å². The summed E-state index contributed by atoms with van der Waals surface area (Å²) in [5.74, 6) is -0.389. The third-order valence-electron chi connectivity index (χ3n) is 3.22. The molecule has 1 amide bonds. The SMILES string of the molecule is CCCNCc1ccc(N(CCC)CC(=O)NC)c(F)c1. The molecule has 5 heteroatoms. The van der Waals surface area contributed by atoms with E-state index in [1.807, 2.05) is 13.0 Å². The lowest BCUT2D eigenvalue weighted by Gasteiger charge is -2.24. The molecule has 0 aliphatic carbocycles. The first-order valence-electron chi connectivity index (χ1n) is 7.57. The fraction of sp³-hybridized carbons (Fsp3) is 0.562. The van der Waals surface area contributed by atoms with Gasteiger partial charge >= 0.3 is 0 Å². The Morgan fingerprint density at radius 3 is 2.62 bits per heavy atom. The number of amides is 1. The number of carbonyl (C=O) groups is 1. The van der Waals surface area contributed by atoms with E-state index in [0.29, 0.717) is 18.8 Å². The molecule has 0 spiro atoms. The van der Waals surface area contributed by atoms with Crippen molar-refractivity contribution in [1.82, 2.24) is 10.6 Å². The summed E-state index contributed by atoms with van der Waals surface area (Å²) in [5.41, 5.74) is 1.40. The number of likely N-dealkylation sites (N-methyl/N-ethyl adjacent to an activating group) is 1. The number of halogens is 1. The number of rotatable bonds is 9. The fourth-order valence-corrected chi connectivity index (χ4v) is 2.13. The van der Waals surface area contributed by atoms with Gasteiger partial charge in [0, 0.05) is 20.1 Å². The van der Waals surface area contributed by atoms with E-state index in [0.717, 1.165) is 24.9 Å². The highest BCUT2D eigenvalue weighted by Crippen LogP contribution is 2.21. The lowest BCUT2D eigenvalue weighted by atomic mass is 10.1. The van der Waals surface area contributed by atoms with Gasteiger partial charge in [0.25, 0.3) is 0 Å². The van der Waals surface area contributed by atoms with Gasteiger partial charge in [0.05, 0.1) is 12.2 Å². The number of hydrogen-bond acceptors (Lipinski definition) is 3. The van der Waals surface area contributed by atoms with Crippen LogP contribution in [0.1, 0.15) is 32.3 Å². The van der Waals surface area contributed by atoms with Crippen LogP contribution in [0.4, 0.5) is 10.1 Å². The topological polar surface area (TPSA) is 44.4 Å². The largest absolute Gasteiger partial charge is 0.360 e. The summed E-state index contributed by atoms with van der Waals surface area (Å²) in [5, 5.41) is 5.83. The Labute approximate surface area is 126 Å². The lowest BCUT2D eigenvalue weighted by Crippen LogP contribution is -2.36. The second-order valence-corrected chi connectivity index (χ2v) is 5.06. The molecule has 1 aromatic carbocycles. The van der Waals surface area contributed by atoms with E-state index in [2.05, 4.69) is 17.6 Å². The summed E-state index contributed by atoms with van der Waals surface area (Å²) in [4.78, 5) is 13.3. The van der Waals surface area contributed by atoms with Crippen molar-refractivity contribution in [3.8, 4) is 0 Å². The molecule has 0 aliphatic rings. The zero-order valence-corrected chi connectivity index (χ0v) is 13.2. The number of anilines is 1. The number of nitrogens with zero attached hydrogens (tertiary/aromatic N) is 1. The highest BCUT2D eigenvalue weighted by Gasteiger charge is 2.14. The molecule has 0 aromatic heterocycles. The van der Waals surface area contributed by atoms with E-state index < -0.39 is 0 Å². The van der Waals surface area contributed by atoms with Gasteiger partial charge in [-0.25, -0.2) is 4.39 Å². The molecule has 1 aromatic rings. The molecule has 0 heterocycles. The van der Waals surface area contributed by atoms with Crippen molar-refractivity contribution in [2.75, 3.05) is 31.6 Å². The van der Waals surface area contributed by atoms with E-state index in [9.17, 15) is 9.18 Å². The maximum absolute atomic E-state index is 14.3. The predicted octanol–water partition coefficient (Wildman–Crippen LogP) is 2.29. The molecule has 21 heavy (non-hydrogen) atoms. The van der Waals surface area contributed by atoms with Gasteiger partial charge in [-0.1, -0.05) is 19.9 Å². The maximum atomic E-state index is 14.3. The molecule has 0 unspecified atom stereocenters. The van der Waals surface area contributed by atoms with Crippen LogP contribution < -0.4 is 15.5 Å². The first-order valence-corrected chi connectivity index (χ1v) is 7.57. The molecule has 1 rings (SSSR count). The summed E-state index contributed by atoms with van der Waals surface area (Å²) in [6, 6.07) is 5.22. The van der Waals surface area contributed by atoms with Gasteiger partial charge in [-0.2, -0.15) is 0 Å². The molecule has 118 valence electrons. The number of benzene rings is 1. The third-order valence-corrected chi connectivity index (χ3v) is 3.22. The Morgan fingerprint density at radius 2 is 2.05 bits per heavy atom. The zero-order chi connectivity index (χ0) is 15.7. The van der Waals surface area contributed by atoms with Gasteiger partial charge in [-0.05, 0) is 37.1 Å². The number of nitrogens with one attached hydrogen (secondary N) is 2. The first kappa shape index (κ1) is 17.4. The van der Waals surface area contributed by atoms with Crippen molar-refractivity contribution in [2.24, 2.45) is 0 Å². The average Bonchev–Trinajstić information content (AvgIpc) is 2.47. The van der Waals surface area contributed by atoms with Crippen LogP contribution in [0.25, 0.3) is 0 Å². The Kier molecular flexibility index (Phi) is 7.75. The standard InChI is InChI=1S/C16H26FN3O/c1-4-8-19-11-13-6-7-15(14(17)10-13)20(9-5-2)12-16(21)18-3/h6-7,10,19H,4-5,8-9,11-12H2,1-3H3,(H,18,21). The zero-order valence-electron chi connectivity index (χ0n) is 13.2. The molecule has 0 atom stereocenters. The quantitative estimate of drug-likeness (QED) is 0.687. The Balaban J connectivity index is 2.81. The number of hydrogen-bond donors (Lipinski definition) is 2. The van der Waals surface area contributed by atoms with Crippen molar-refractivity contribution in [3.05, 3.63) is 29.6 Å². The highest BCUT2D eigenvalue weighted by atomic mass is 19.1. The van der Waals surface area contributed by atoms with Crippen LogP contribution in [0.5, 0.6) is 0 Å². The van der Waals surface area contributed by atoms with Crippen LogP contribution in [0.2, 0.25) is 0 Å². The summed E-state index contributed by atoms with van der Waals surface area (Å²) >= 11 is 0. The van der Waals surface area contributed by atoms with E-state index >= 15 is 0 Å². The molecule has 2 N–H and O–H groups in total. The van der Waals surface area contributed by atoms with E-state index in [-0.39, 0.29) is 18.3 Å². The summed E-state index contributed by atoms with van der Waals surface area (Å²) in [7, 11) is 1.59. The molecule has 4 nitrogen and oxygen atoms in total. The second-order valence-electron chi connectivity index (χ2n) is 5.06. The first-order chi connectivity index (χ1) is 10.1. The van der Waals surface area contributed by atoms with Gasteiger partial charge < -0.3 is 15.5 Å². The van der Waals surface area contributed by atoms with Gasteiger partial charge in [-0.15, -0.1) is 0 Å². The van der Waals surface area contributed by atoms with Crippen LogP contribution in [0.3, 0.4) is 0 Å². The molecular weight excluding hydrogens is 269 g/mol.